The number of amides is 2. The number of urea groups is 1. The van der Waals surface area contributed by atoms with Crippen LogP contribution in [-0.2, 0) is 9.53 Å². The van der Waals surface area contributed by atoms with Gasteiger partial charge in [0.2, 0.25) is 0 Å². The van der Waals surface area contributed by atoms with Gasteiger partial charge in [0, 0.05) is 22.2 Å². The summed E-state index contributed by atoms with van der Waals surface area (Å²) < 4.78 is 4.71. The predicted octanol–water partition coefficient (Wildman–Crippen LogP) is 4.55. The van der Waals surface area contributed by atoms with Gasteiger partial charge >= 0.3 is 12.0 Å². The number of Topliss-reactive ketones (excluding diaryl/α,β-unsaturated/α-hetero) is 1. The van der Waals surface area contributed by atoms with Gasteiger partial charge in [-0.3, -0.25) is 9.59 Å². The number of esters is 1. The molecule has 4 bridgehead atoms. The number of rotatable bonds is 6. The maximum atomic E-state index is 12.9. The average molecular weight is 413 g/mol. The zero-order valence-electron chi connectivity index (χ0n) is 18.1. The van der Waals surface area contributed by atoms with E-state index in [4.69, 9.17) is 4.74 Å². The van der Waals surface area contributed by atoms with Crippen LogP contribution in [0, 0.1) is 23.2 Å². The van der Waals surface area contributed by atoms with Crippen LogP contribution in [-0.4, -0.2) is 30.4 Å². The van der Waals surface area contributed by atoms with Crippen molar-refractivity contribution in [3.05, 3.63) is 29.8 Å². The lowest BCUT2D eigenvalue weighted by molar-refractivity contribution is -0.142. The minimum Gasteiger partial charge on any atom is -0.469 e. The number of nitrogens with one attached hydrogen (secondary N) is 2. The van der Waals surface area contributed by atoms with Gasteiger partial charge < -0.3 is 15.4 Å². The maximum Gasteiger partial charge on any atom is 0.319 e. The normalized spacial score (nSPS) is 29.4. The minimum atomic E-state index is -0.882. The fraction of sp³-hybridized carbons (Fsp3) is 0.625. The second-order valence-corrected chi connectivity index (χ2v) is 10.3. The molecule has 0 aliphatic heterocycles. The Kier molecular flexibility index (Phi) is 5.37. The van der Waals surface area contributed by atoms with E-state index in [2.05, 4.69) is 10.6 Å². The molecule has 0 saturated heterocycles. The second-order valence-electron chi connectivity index (χ2n) is 10.3. The van der Waals surface area contributed by atoms with Crippen molar-refractivity contribution in [2.45, 2.75) is 64.3 Å². The first-order valence-corrected chi connectivity index (χ1v) is 11.0. The number of hydrogen-bond donors (Lipinski definition) is 2. The quantitative estimate of drug-likeness (QED) is 0.530. The number of benzene rings is 1. The summed E-state index contributed by atoms with van der Waals surface area (Å²) in [6.07, 6.45) is 7.26. The van der Waals surface area contributed by atoms with Crippen LogP contribution in [0.2, 0.25) is 0 Å². The lowest BCUT2D eigenvalue weighted by Gasteiger charge is -2.56. The third-order valence-electron chi connectivity index (χ3n) is 7.23. The third-order valence-corrected chi connectivity index (χ3v) is 7.23. The highest BCUT2D eigenvalue weighted by atomic mass is 16.5. The van der Waals surface area contributed by atoms with Crippen LogP contribution in [0.15, 0.2) is 24.3 Å². The molecule has 0 spiro atoms. The van der Waals surface area contributed by atoms with Crippen LogP contribution in [0.3, 0.4) is 0 Å². The summed E-state index contributed by atoms with van der Waals surface area (Å²) in [4.78, 5) is 37.3. The number of anilines is 1. The Balaban J connectivity index is 1.41. The van der Waals surface area contributed by atoms with Gasteiger partial charge in [-0.2, -0.15) is 0 Å². The first-order valence-electron chi connectivity index (χ1n) is 11.0. The van der Waals surface area contributed by atoms with E-state index in [9.17, 15) is 14.4 Å². The van der Waals surface area contributed by atoms with Gasteiger partial charge in [0.1, 0.15) is 0 Å². The summed E-state index contributed by atoms with van der Waals surface area (Å²) in [5.41, 5.74) is 0.107. The smallest absolute Gasteiger partial charge is 0.319 e. The van der Waals surface area contributed by atoms with E-state index in [-0.39, 0.29) is 23.8 Å². The molecule has 6 heteroatoms. The molecule has 5 rings (SSSR count). The molecule has 1 aromatic carbocycles. The van der Waals surface area contributed by atoms with Crippen LogP contribution >= 0.6 is 0 Å². The van der Waals surface area contributed by atoms with Crippen molar-refractivity contribution in [1.82, 2.24) is 5.32 Å². The molecule has 0 atom stereocenters. The fourth-order valence-electron chi connectivity index (χ4n) is 6.31. The van der Waals surface area contributed by atoms with Gasteiger partial charge in [0.25, 0.3) is 0 Å². The van der Waals surface area contributed by atoms with E-state index in [0.717, 1.165) is 37.0 Å². The summed E-state index contributed by atoms with van der Waals surface area (Å²) in [5, 5.41) is 6.21. The highest BCUT2D eigenvalue weighted by Gasteiger charge is 2.51. The Hall–Kier alpha value is -2.37. The first-order chi connectivity index (χ1) is 14.2. The molecule has 0 aromatic heterocycles. The zero-order valence-corrected chi connectivity index (χ0v) is 18.1. The van der Waals surface area contributed by atoms with Gasteiger partial charge in [-0.15, -0.1) is 0 Å². The van der Waals surface area contributed by atoms with Gasteiger partial charge in [0.15, 0.2) is 5.78 Å². The van der Waals surface area contributed by atoms with Crippen molar-refractivity contribution in [3.8, 4) is 0 Å². The van der Waals surface area contributed by atoms with Crippen molar-refractivity contribution in [2.24, 2.45) is 23.2 Å². The van der Waals surface area contributed by atoms with Crippen LogP contribution in [0.1, 0.15) is 69.2 Å². The fourth-order valence-corrected chi connectivity index (χ4v) is 6.31. The SMILES string of the molecule is COC(=O)CC(C)(C)C(=O)c1cccc(NC(=O)NC23CC4CC(CC(C4)C2)C3)c1. The van der Waals surface area contributed by atoms with E-state index in [1.165, 1.54) is 26.4 Å². The molecule has 30 heavy (non-hydrogen) atoms. The number of hydrogen-bond acceptors (Lipinski definition) is 4. The van der Waals surface area contributed by atoms with Crippen molar-refractivity contribution < 1.29 is 19.1 Å². The number of ketones is 1. The van der Waals surface area contributed by atoms with Crippen LogP contribution in [0.4, 0.5) is 10.5 Å². The lowest BCUT2D eigenvalue weighted by Crippen LogP contribution is -2.60. The van der Waals surface area contributed by atoms with Gasteiger partial charge in [-0.1, -0.05) is 26.0 Å². The van der Waals surface area contributed by atoms with Crippen molar-refractivity contribution >= 4 is 23.5 Å². The summed E-state index contributed by atoms with van der Waals surface area (Å²) in [5.74, 6) is 1.70. The van der Waals surface area contributed by atoms with E-state index >= 15 is 0 Å². The Morgan fingerprint density at radius 1 is 1.07 bits per heavy atom. The number of ether oxygens (including phenoxy) is 1. The first kappa shape index (κ1) is 20.9. The molecular weight excluding hydrogens is 380 g/mol. The maximum absolute atomic E-state index is 12.9. The molecule has 0 unspecified atom stereocenters. The zero-order chi connectivity index (χ0) is 21.5. The second kappa shape index (κ2) is 7.71. The molecule has 4 aliphatic carbocycles. The number of methoxy groups -OCH3 is 1. The molecular formula is C24H32N2O4. The van der Waals surface area contributed by atoms with E-state index in [1.54, 1.807) is 38.1 Å². The molecule has 6 nitrogen and oxygen atoms in total. The number of carbonyl (C=O) groups is 3. The predicted molar refractivity (Wildman–Crippen MR) is 114 cm³/mol. The molecule has 4 fully saturated rings. The Bertz CT molecular complexity index is 825. The molecule has 162 valence electrons. The summed E-state index contributed by atoms with van der Waals surface area (Å²) >= 11 is 0. The van der Waals surface area contributed by atoms with Gasteiger partial charge in [0.05, 0.1) is 13.5 Å². The van der Waals surface area contributed by atoms with Crippen LogP contribution in [0.25, 0.3) is 0 Å². The van der Waals surface area contributed by atoms with Gasteiger partial charge in [-0.25, -0.2) is 4.79 Å². The van der Waals surface area contributed by atoms with E-state index < -0.39 is 11.4 Å². The molecule has 4 aliphatic rings. The topological polar surface area (TPSA) is 84.5 Å². The summed E-state index contributed by atoms with van der Waals surface area (Å²) in [6, 6.07) is 6.73. The van der Waals surface area contributed by atoms with Crippen LogP contribution < -0.4 is 10.6 Å². The molecule has 2 amide bonds. The molecule has 2 N–H and O–H groups in total. The standard InChI is InChI=1S/C24H32N2O4/c1-23(2,14-20(27)30-3)21(28)18-5-4-6-19(10-18)25-22(29)26-24-11-15-7-16(12-24)9-17(8-15)13-24/h4-6,10,15-17H,7-9,11-14H2,1-3H3,(H2,25,26,29). The van der Waals surface area contributed by atoms with Crippen LogP contribution in [0.5, 0.6) is 0 Å². The van der Waals surface area contributed by atoms with E-state index in [1.807, 2.05) is 0 Å². The average Bonchev–Trinajstić information content (AvgIpc) is 2.65. The monoisotopic (exact) mass is 412 g/mol. The van der Waals surface area contributed by atoms with Gasteiger partial charge in [-0.05, 0) is 68.4 Å². The molecule has 0 heterocycles. The molecule has 1 aromatic rings. The molecule has 0 radical (unpaired) electrons. The van der Waals surface area contributed by atoms with Crippen molar-refractivity contribution in [2.75, 3.05) is 12.4 Å². The van der Waals surface area contributed by atoms with Crippen molar-refractivity contribution in [1.29, 1.82) is 0 Å². The highest BCUT2D eigenvalue weighted by Crippen LogP contribution is 2.55. The minimum absolute atomic E-state index is 0.00644. The summed E-state index contributed by atoms with van der Waals surface area (Å²) in [7, 11) is 1.32. The largest absolute Gasteiger partial charge is 0.469 e. The third kappa shape index (κ3) is 4.23. The molecule has 4 saturated carbocycles. The Morgan fingerprint density at radius 2 is 1.67 bits per heavy atom. The Labute approximate surface area is 178 Å². The summed E-state index contributed by atoms with van der Waals surface area (Å²) in [6.45, 7) is 3.46. The van der Waals surface area contributed by atoms with E-state index in [0.29, 0.717) is 11.3 Å². The lowest BCUT2D eigenvalue weighted by atomic mass is 9.53. The highest BCUT2D eigenvalue weighted by molar-refractivity contribution is 6.03. The Morgan fingerprint density at radius 3 is 2.23 bits per heavy atom. The number of carbonyl (C=O) groups excluding carboxylic acids is 3. The van der Waals surface area contributed by atoms with Crippen molar-refractivity contribution in [3.63, 3.8) is 0 Å².